The first-order valence-corrected chi connectivity index (χ1v) is 6.85. The predicted octanol–water partition coefficient (Wildman–Crippen LogP) is 2.89. The van der Waals surface area contributed by atoms with Gasteiger partial charge in [-0.15, -0.1) is 0 Å². The van der Waals surface area contributed by atoms with Crippen molar-refractivity contribution < 1.29 is 4.84 Å². The average Bonchev–Trinajstić information content (AvgIpc) is 2.43. The van der Waals surface area contributed by atoms with Crippen molar-refractivity contribution in [2.24, 2.45) is 0 Å². The molecule has 0 bridgehead atoms. The van der Waals surface area contributed by atoms with Gasteiger partial charge in [0.2, 0.25) is 0 Å². The summed E-state index contributed by atoms with van der Waals surface area (Å²) in [6.07, 6.45) is 6.32. The van der Waals surface area contributed by atoms with Crippen LogP contribution in [0, 0.1) is 0 Å². The van der Waals surface area contributed by atoms with Crippen molar-refractivity contribution in [1.29, 1.82) is 0 Å². The quantitative estimate of drug-likeness (QED) is 0.657. The highest BCUT2D eigenvalue weighted by molar-refractivity contribution is 6.21. The maximum atomic E-state index is 6.47. The Labute approximate surface area is 112 Å². The number of halogens is 1. The Balaban J connectivity index is 1.72. The Hall–Kier alpha value is -1.03. The molecule has 96 valence electrons. The number of hydrogen-bond acceptors (Lipinski definition) is 3. The first-order valence-electron chi connectivity index (χ1n) is 6.41. The molecule has 0 aliphatic carbocycles. The number of alkyl halides is 1. The number of benzene rings is 1. The van der Waals surface area contributed by atoms with Crippen molar-refractivity contribution in [3.05, 3.63) is 41.6 Å². The summed E-state index contributed by atoms with van der Waals surface area (Å²) in [4.78, 5) is 5.98. The van der Waals surface area contributed by atoms with Gasteiger partial charge < -0.3 is 5.32 Å². The van der Waals surface area contributed by atoms with Crippen molar-refractivity contribution in [3.63, 3.8) is 0 Å². The van der Waals surface area contributed by atoms with E-state index in [-0.39, 0.29) is 11.6 Å². The van der Waals surface area contributed by atoms with Crippen molar-refractivity contribution >= 4 is 17.7 Å². The minimum Gasteiger partial charge on any atom is -0.317 e. The zero-order valence-corrected chi connectivity index (χ0v) is 10.9. The van der Waals surface area contributed by atoms with Crippen molar-refractivity contribution in [2.75, 3.05) is 13.1 Å². The van der Waals surface area contributed by atoms with Gasteiger partial charge in [0.05, 0.1) is 6.10 Å². The Bertz CT molecular complexity index is 443. The van der Waals surface area contributed by atoms with Crippen LogP contribution in [0.1, 0.15) is 29.5 Å². The smallest absolute Gasteiger partial charge is 0.155 e. The lowest BCUT2D eigenvalue weighted by atomic mass is 10.1. The van der Waals surface area contributed by atoms with Crippen LogP contribution in [0.25, 0.3) is 6.08 Å². The standard InChI is InChI=1S/C14H17ClN2O/c15-14-13-4-2-1-3-11(13)7-10-17(14)18-12-5-8-16-9-6-12/h1-4,7,10,12,14,16H,5-6,8-9H2. The number of nitrogens with one attached hydrogen (secondary N) is 1. The van der Waals surface area contributed by atoms with Crippen LogP contribution < -0.4 is 5.32 Å². The number of hydroxylamine groups is 2. The summed E-state index contributed by atoms with van der Waals surface area (Å²) in [6, 6.07) is 8.16. The van der Waals surface area contributed by atoms with Gasteiger partial charge in [-0.25, -0.2) is 5.06 Å². The Morgan fingerprint density at radius 1 is 1.22 bits per heavy atom. The maximum Gasteiger partial charge on any atom is 0.155 e. The van der Waals surface area contributed by atoms with E-state index in [1.54, 1.807) is 5.06 Å². The fraction of sp³-hybridized carbons (Fsp3) is 0.429. The van der Waals surface area contributed by atoms with Crippen LogP contribution in [-0.2, 0) is 4.84 Å². The number of fused-ring (bicyclic) bond motifs is 1. The van der Waals surface area contributed by atoms with Gasteiger partial charge in [-0.3, -0.25) is 4.84 Å². The van der Waals surface area contributed by atoms with Crippen LogP contribution in [0.5, 0.6) is 0 Å². The first kappa shape index (κ1) is 12.0. The molecular weight excluding hydrogens is 248 g/mol. The molecule has 1 atom stereocenters. The molecular formula is C14H17ClN2O. The summed E-state index contributed by atoms with van der Waals surface area (Å²) >= 11 is 6.47. The van der Waals surface area contributed by atoms with E-state index >= 15 is 0 Å². The lowest BCUT2D eigenvalue weighted by molar-refractivity contribution is -0.181. The van der Waals surface area contributed by atoms with Gasteiger partial charge in [0.15, 0.2) is 5.50 Å². The summed E-state index contributed by atoms with van der Waals surface area (Å²) in [5.41, 5.74) is 2.04. The van der Waals surface area contributed by atoms with Crippen LogP contribution in [-0.4, -0.2) is 24.3 Å². The summed E-state index contributed by atoms with van der Waals surface area (Å²) in [7, 11) is 0. The second-order valence-corrected chi connectivity index (χ2v) is 5.11. The van der Waals surface area contributed by atoms with E-state index in [0.29, 0.717) is 0 Å². The molecule has 0 amide bonds. The number of piperidine rings is 1. The molecule has 3 nitrogen and oxygen atoms in total. The zero-order chi connectivity index (χ0) is 12.4. The minimum absolute atomic E-state index is 0.235. The van der Waals surface area contributed by atoms with Crippen LogP contribution in [0.3, 0.4) is 0 Å². The molecule has 1 aromatic rings. The SMILES string of the molecule is ClC1c2ccccc2C=CN1OC1CCNCC1. The topological polar surface area (TPSA) is 24.5 Å². The monoisotopic (exact) mass is 264 g/mol. The molecule has 0 spiro atoms. The van der Waals surface area contributed by atoms with Gasteiger partial charge in [0.1, 0.15) is 0 Å². The van der Waals surface area contributed by atoms with E-state index < -0.39 is 0 Å². The molecule has 0 saturated carbocycles. The van der Waals surface area contributed by atoms with Crippen LogP contribution in [0.2, 0.25) is 0 Å². The third-order valence-corrected chi connectivity index (χ3v) is 3.86. The molecule has 0 radical (unpaired) electrons. The molecule has 2 aliphatic heterocycles. The van der Waals surface area contributed by atoms with Gasteiger partial charge in [-0.05, 0) is 43.1 Å². The highest BCUT2D eigenvalue weighted by Crippen LogP contribution is 2.34. The lowest BCUT2D eigenvalue weighted by Crippen LogP contribution is -2.37. The molecule has 1 aromatic carbocycles. The fourth-order valence-corrected chi connectivity index (χ4v) is 2.72. The van der Waals surface area contributed by atoms with Gasteiger partial charge in [0, 0.05) is 6.20 Å². The van der Waals surface area contributed by atoms with Gasteiger partial charge in [0.25, 0.3) is 0 Å². The zero-order valence-electron chi connectivity index (χ0n) is 10.2. The number of rotatable bonds is 2. The van der Waals surface area contributed by atoms with Gasteiger partial charge in [-0.1, -0.05) is 35.9 Å². The molecule has 18 heavy (non-hydrogen) atoms. The van der Waals surface area contributed by atoms with Crippen LogP contribution >= 0.6 is 11.6 Å². The second-order valence-electron chi connectivity index (χ2n) is 4.70. The molecule has 1 N–H and O–H groups in total. The van der Waals surface area contributed by atoms with Crippen molar-refractivity contribution in [2.45, 2.75) is 24.4 Å². The first-order chi connectivity index (χ1) is 8.84. The summed E-state index contributed by atoms with van der Waals surface area (Å²) in [5.74, 6) is 0. The van der Waals surface area contributed by atoms with E-state index in [1.165, 1.54) is 5.56 Å². The average molecular weight is 265 g/mol. The van der Waals surface area contributed by atoms with Crippen LogP contribution in [0.15, 0.2) is 30.5 Å². The molecule has 2 heterocycles. The Morgan fingerprint density at radius 3 is 2.83 bits per heavy atom. The Morgan fingerprint density at radius 2 is 2.00 bits per heavy atom. The largest absolute Gasteiger partial charge is 0.317 e. The Kier molecular flexibility index (Phi) is 3.55. The predicted molar refractivity (Wildman–Crippen MR) is 72.9 cm³/mol. The van der Waals surface area contributed by atoms with E-state index in [4.69, 9.17) is 16.4 Å². The van der Waals surface area contributed by atoms with E-state index in [1.807, 2.05) is 18.3 Å². The lowest BCUT2D eigenvalue weighted by Gasteiger charge is -2.34. The summed E-state index contributed by atoms with van der Waals surface area (Å²) in [5, 5.41) is 5.11. The highest BCUT2D eigenvalue weighted by atomic mass is 35.5. The van der Waals surface area contributed by atoms with Crippen molar-refractivity contribution in [3.8, 4) is 0 Å². The molecule has 0 aromatic heterocycles. The summed E-state index contributed by atoms with van der Waals surface area (Å²) in [6.45, 7) is 2.04. The van der Waals surface area contributed by atoms with E-state index in [9.17, 15) is 0 Å². The third-order valence-electron chi connectivity index (χ3n) is 3.43. The normalized spacial score (nSPS) is 24.1. The maximum absolute atomic E-state index is 6.47. The second kappa shape index (κ2) is 5.31. The minimum atomic E-state index is -0.235. The fourth-order valence-electron chi connectivity index (χ4n) is 2.41. The molecule has 1 fully saturated rings. The number of hydrogen-bond donors (Lipinski definition) is 1. The molecule has 1 saturated heterocycles. The molecule has 1 unspecified atom stereocenters. The van der Waals surface area contributed by atoms with Gasteiger partial charge in [-0.2, -0.15) is 0 Å². The number of nitrogens with zero attached hydrogens (tertiary/aromatic N) is 1. The molecule has 3 rings (SSSR count). The highest BCUT2D eigenvalue weighted by Gasteiger charge is 2.25. The van der Waals surface area contributed by atoms with E-state index in [2.05, 4.69) is 23.5 Å². The van der Waals surface area contributed by atoms with Gasteiger partial charge >= 0.3 is 0 Å². The third kappa shape index (κ3) is 2.39. The van der Waals surface area contributed by atoms with Crippen molar-refractivity contribution in [1.82, 2.24) is 10.4 Å². The van der Waals surface area contributed by atoms with E-state index in [0.717, 1.165) is 31.5 Å². The van der Waals surface area contributed by atoms with Crippen LogP contribution in [0.4, 0.5) is 0 Å². The summed E-state index contributed by atoms with van der Waals surface area (Å²) < 4.78 is 0. The molecule has 4 heteroatoms. The molecule has 2 aliphatic rings.